The fourth-order valence-electron chi connectivity index (χ4n) is 4.33. The average molecular weight is 539 g/mol. The number of benzene rings is 2. The van der Waals surface area contributed by atoms with Gasteiger partial charge in [0.15, 0.2) is 0 Å². The molecule has 1 atom stereocenters. The Morgan fingerprint density at radius 2 is 1.84 bits per heavy atom. The molecule has 0 bridgehead atoms. The molecule has 2 aromatic rings. The average Bonchev–Trinajstić information content (AvgIpc) is 3.66. The van der Waals surface area contributed by atoms with Gasteiger partial charge in [0, 0.05) is 50.6 Å². The van der Waals surface area contributed by atoms with E-state index in [1.54, 1.807) is 31.2 Å². The van der Waals surface area contributed by atoms with Gasteiger partial charge in [-0.2, -0.15) is 12.7 Å². The van der Waals surface area contributed by atoms with Crippen LogP contribution in [0.5, 0.6) is 0 Å². The van der Waals surface area contributed by atoms with Gasteiger partial charge < -0.3 is 5.32 Å². The first kappa shape index (κ1) is 27.1. The molecule has 2 aliphatic rings. The molecule has 2 fully saturated rings. The number of hydrogen-bond acceptors (Lipinski definition) is 4. The molecule has 1 heterocycles. The third-order valence-corrected chi connectivity index (χ3v) is 7.99. The zero-order chi connectivity index (χ0) is 26.8. The number of nitrogens with one attached hydrogen (secondary N) is 2. The summed E-state index contributed by atoms with van der Waals surface area (Å²) in [5, 5.41) is 2.62. The van der Waals surface area contributed by atoms with Gasteiger partial charge in [-0.25, -0.2) is 17.9 Å². The highest BCUT2D eigenvalue weighted by molar-refractivity contribution is 7.87. The number of nitrogens with zero attached hydrogens (tertiary/aromatic N) is 2. The molecule has 1 saturated carbocycles. The minimum absolute atomic E-state index is 0.0000509. The predicted octanol–water partition coefficient (Wildman–Crippen LogP) is 3.05. The summed E-state index contributed by atoms with van der Waals surface area (Å²) in [5.74, 6) is -4.67. The van der Waals surface area contributed by atoms with E-state index >= 15 is 0 Å². The maximum absolute atomic E-state index is 14.2. The van der Waals surface area contributed by atoms with Crippen LogP contribution >= 0.6 is 0 Å². The van der Waals surface area contributed by atoms with Crippen molar-refractivity contribution in [2.75, 3.05) is 24.5 Å². The second-order valence-corrected chi connectivity index (χ2v) is 11.1. The van der Waals surface area contributed by atoms with Crippen molar-refractivity contribution >= 4 is 27.7 Å². The molecule has 0 spiro atoms. The lowest BCUT2D eigenvalue weighted by atomic mass is 9.87. The van der Waals surface area contributed by atoms with Crippen molar-refractivity contribution in [1.82, 2.24) is 14.3 Å². The van der Waals surface area contributed by atoms with E-state index in [0.29, 0.717) is 24.2 Å². The summed E-state index contributed by atoms with van der Waals surface area (Å²) in [5.41, 5.74) is 1.27. The largest absolute Gasteiger partial charge is 0.351 e. The molecule has 200 valence electrons. The number of alkyl halides is 2. The minimum Gasteiger partial charge on any atom is -0.351 e. The van der Waals surface area contributed by atoms with Crippen molar-refractivity contribution in [2.45, 2.75) is 50.6 Å². The lowest BCUT2D eigenvalue weighted by molar-refractivity contribution is -0.132. The van der Waals surface area contributed by atoms with Gasteiger partial charge in [0.2, 0.25) is 11.8 Å². The van der Waals surface area contributed by atoms with Crippen molar-refractivity contribution < 1.29 is 31.2 Å². The monoisotopic (exact) mass is 538 g/mol. The Morgan fingerprint density at radius 3 is 2.46 bits per heavy atom. The zero-order valence-corrected chi connectivity index (χ0v) is 21.1. The summed E-state index contributed by atoms with van der Waals surface area (Å²) in [4.78, 5) is 28.2. The highest BCUT2D eigenvalue weighted by Crippen LogP contribution is 2.38. The van der Waals surface area contributed by atoms with Gasteiger partial charge in [-0.05, 0) is 42.7 Å². The van der Waals surface area contributed by atoms with E-state index in [1.807, 2.05) is 0 Å². The summed E-state index contributed by atoms with van der Waals surface area (Å²) in [6, 6.07) is 10.1. The molecule has 2 N–H and O–H groups in total. The SMILES string of the molecule is Cc1ccccc1C(C(=O)NC1CC(F)(F)C1)N(C(=O)CCCNS(=O)(=O)N1CC1)c1cccc(F)c1. The molecule has 1 aliphatic heterocycles. The molecule has 2 amide bonds. The first-order valence-corrected chi connectivity index (χ1v) is 13.5. The molecule has 1 saturated heterocycles. The lowest BCUT2D eigenvalue weighted by Crippen LogP contribution is -2.54. The van der Waals surface area contributed by atoms with E-state index in [-0.39, 0.29) is 25.1 Å². The first-order valence-electron chi connectivity index (χ1n) is 12.0. The molecule has 8 nitrogen and oxygen atoms in total. The zero-order valence-electron chi connectivity index (χ0n) is 20.3. The van der Waals surface area contributed by atoms with Gasteiger partial charge >= 0.3 is 0 Å². The van der Waals surface area contributed by atoms with Crippen molar-refractivity contribution in [3.8, 4) is 0 Å². The van der Waals surface area contributed by atoms with Crippen LogP contribution in [0.1, 0.15) is 42.9 Å². The Labute approximate surface area is 214 Å². The van der Waals surface area contributed by atoms with Gasteiger partial charge in [-0.3, -0.25) is 14.5 Å². The smallest absolute Gasteiger partial charge is 0.279 e. The van der Waals surface area contributed by atoms with Crippen molar-refractivity contribution in [2.24, 2.45) is 0 Å². The van der Waals surface area contributed by atoms with Crippen LogP contribution in [-0.2, 0) is 19.8 Å². The van der Waals surface area contributed by atoms with Crippen LogP contribution in [0.15, 0.2) is 48.5 Å². The highest BCUT2D eigenvalue weighted by atomic mass is 32.2. The van der Waals surface area contributed by atoms with Crippen LogP contribution in [0.2, 0.25) is 0 Å². The fourth-order valence-corrected chi connectivity index (χ4v) is 5.48. The van der Waals surface area contributed by atoms with E-state index in [1.165, 1.54) is 22.5 Å². The van der Waals surface area contributed by atoms with Crippen LogP contribution in [0.25, 0.3) is 0 Å². The second kappa shape index (κ2) is 10.8. The molecule has 37 heavy (non-hydrogen) atoms. The number of amides is 2. The molecule has 12 heteroatoms. The maximum Gasteiger partial charge on any atom is 0.279 e. The second-order valence-electron chi connectivity index (χ2n) is 9.37. The van der Waals surface area contributed by atoms with Crippen molar-refractivity contribution in [3.63, 3.8) is 0 Å². The van der Waals surface area contributed by atoms with E-state index in [4.69, 9.17) is 0 Å². The molecular weight excluding hydrogens is 509 g/mol. The van der Waals surface area contributed by atoms with Gasteiger partial charge in [-0.15, -0.1) is 0 Å². The fraction of sp³-hybridized carbons (Fsp3) is 0.440. The number of halogens is 3. The van der Waals surface area contributed by atoms with Crippen LogP contribution in [0.3, 0.4) is 0 Å². The minimum atomic E-state index is -3.58. The number of rotatable bonds is 11. The maximum atomic E-state index is 14.2. The normalized spacial score (nSPS) is 18.1. The van der Waals surface area contributed by atoms with Crippen LogP contribution in [0, 0.1) is 12.7 Å². The predicted molar refractivity (Wildman–Crippen MR) is 132 cm³/mol. The molecule has 0 radical (unpaired) electrons. The van der Waals surface area contributed by atoms with Crippen LogP contribution in [0.4, 0.5) is 18.9 Å². The van der Waals surface area contributed by atoms with Crippen molar-refractivity contribution in [1.29, 1.82) is 0 Å². The number of aryl methyl sites for hydroxylation is 1. The van der Waals surface area contributed by atoms with Crippen LogP contribution in [-0.4, -0.2) is 56.1 Å². The molecule has 1 unspecified atom stereocenters. The molecule has 4 rings (SSSR count). The molecule has 2 aromatic carbocycles. The van der Waals surface area contributed by atoms with E-state index in [2.05, 4.69) is 10.0 Å². The summed E-state index contributed by atoms with van der Waals surface area (Å²) in [6.45, 7) is 2.65. The highest BCUT2D eigenvalue weighted by Gasteiger charge is 2.47. The van der Waals surface area contributed by atoms with Gasteiger partial charge in [0.05, 0.1) is 0 Å². The summed E-state index contributed by atoms with van der Waals surface area (Å²) in [6.07, 6.45) is -1.00. The molecule has 0 aromatic heterocycles. The standard InChI is InChI=1S/C25H29F3N4O4S/c1-17-6-2-3-9-21(17)23(24(34)30-19-15-25(27,28)16-19)32(20-8-4-7-18(26)14-20)22(33)10-5-11-29-37(35,36)31-12-13-31/h2-4,6-9,14,19,23,29H,5,10-13,15-16H2,1H3,(H,30,34). The molecule has 1 aliphatic carbocycles. The third-order valence-electron chi connectivity index (χ3n) is 6.38. The Morgan fingerprint density at radius 1 is 1.14 bits per heavy atom. The van der Waals surface area contributed by atoms with Gasteiger partial charge in [0.25, 0.3) is 16.1 Å². The Hall–Kier alpha value is -2.96. The van der Waals surface area contributed by atoms with E-state index in [0.717, 1.165) is 11.0 Å². The van der Waals surface area contributed by atoms with Gasteiger partial charge in [-0.1, -0.05) is 30.3 Å². The lowest BCUT2D eigenvalue weighted by Gasteiger charge is -2.38. The topological polar surface area (TPSA) is 98.6 Å². The number of anilines is 1. The van der Waals surface area contributed by atoms with E-state index < -0.39 is 58.7 Å². The van der Waals surface area contributed by atoms with Crippen LogP contribution < -0.4 is 14.9 Å². The third kappa shape index (κ3) is 6.68. The molecular formula is C25H29F3N4O4S. The van der Waals surface area contributed by atoms with E-state index in [9.17, 15) is 31.2 Å². The Bertz CT molecular complexity index is 1260. The van der Waals surface area contributed by atoms with Gasteiger partial charge in [0.1, 0.15) is 11.9 Å². The summed E-state index contributed by atoms with van der Waals surface area (Å²) < 4.78 is 68.7. The number of carbonyl (C=O) groups excluding carboxylic acids is 2. The Kier molecular flexibility index (Phi) is 7.91. The summed E-state index contributed by atoms with van der Waals surface area (Å²) >= 11 is 0. The Balaban J connectivity index is 1.60. The quantitative estimate of drug-likeness (QED) is 0.340. The summed E-state index contributed by atoms with van der Waals surface area (Å²) in [7, 11) is -3.58. The number of carbonyl (C=O) groups is 2. The number of hydrogen-bond donors (Lipinski definition) is 2. The first-order chi connectivity index (χ1) is 17.5. The van der Waals surface area contributed by atoms with Crippen molar-refractivity contribution in [3.05, 3.63) is 65.5 Å².